The molecule has 1 atom stereocenters. The van der Waals surface area contributed by atoms with E-state index >= 15 is 0 Å². The van der Waals surface area contributed by atoms with Gasteiger partial charge in [0.05, 0.1) is 29.7 Å². The van der Waals surface area contributed by atoms with Crippen molar-refractivity contribution in [1.82, 2.24) is 25.0 Å². The predicted octanol–water partition coefficient (Wildman–Crippen LogP) is 2.83. The van der Waals surface area contributed by atoms with E-state index in [2.05, 4.69) is 46.0 Å². The zero-order chi connectivity index (χ0) is 17.8. The third-order valence-electron chi connectivity index (χ3n) is 4.66. The minimum Gasteiger partial charge on any atom is -0.351 e. The minimum absolute atomic E-state index is 0.0309. The molecule has 3 rings (SSSR count). The van der Waals surface area contributed by atoms with Gasteiger partial charge in [0.1, 0.15) is 0 Å². The van der Waals surface area contributed by atoms with E-state index in [-0.39, 0.29) is 5.91 Å². The summed E-state index contributed by atoms with van der Waals surface area (Å²) < 4.78 is 2.09. The Bertz CT molecular complexity index is 724. The van der Waals surface area contributed by atoms with Crippen LogP contribution in [0.3, 0.4) is 0 Å². The van der Waals surface area contributed by atoms with Crippen LogP contribution in [-0.4, -0.2) is 32.1 Å². The lowest BCUT2D eigenvalue weighted by Crippen LogP contribution is -2.26. The van der Waals surface area contributed by atoms with Gasteiger partial charge in [0.2, 0.25) is 5.91 Å². The molecule has 1 fully saturated rings. The van der Waals surface area contributed by atoms with Crippen molar-refractivity contribution in [1.29, 1.82) is 0 Å². The molecule has 6 heteroatoms. The van der Waals surface area contributed by atoms with Gasteiger partial charge in [0.25, 0.3) is 0 Å². The Morgan fingerprint density at radius 2 is 2.20 bits per heavy atom. The van der Waals surface area contributed by atoms with Crippen molar-refractivity contribution < 1.29 is 4.79 Å². The van der Waals surface area contributed by atoms with Crippen LogP contribution in [0, 0.1) is 0 Å². The summed E-state index contributed by atoms with van der Waals surface area (Å²) in [4.78, 5) is 18.4. The van der Waals surface area contributed by atoms with E-state index in [0.717, 1.165) is 30.9 Å². The van der Waals surface area contributed by atoms with Crippen molar-refractivity contribution in [3.05, 3.63) is 47.5 Å². The number of amides is 1. The number of nitrogens with zero attached hydrogens (tertiary/aromatic N) is 4. The fourth-order valence-electron chi connectivity index (χ4n) is 3.49. The summed E-state index contributed by atoms with van der Waals surface area (Å²) >= 11 is 0. The van der Waals surface area contributed by atoms with Gasteiger partial charge in [-0.25, -0.2) is 0 Å². The summed E-state index contributed by atoms with van der Waals surface area (Å²) in [5.74, 6) is -0.0309. The Hall–Kier alpha value is -2.21. The number of nitrogens with one attached hydrogen (secondary N) is 1. The molecular formula is C19H27N5O. The SMILES string of the molecule is CC(=O)NCc1cccc([C@H]2CCCN2Cc2ccnn2C(C)C)n1. The molecule has 134 valence electrons. The molecule has 0 bridgehead atoms. The van der Waals surface area contributed by atoms with Gasteiger partial charge in [-0.15, -0.1) is 0 Å². The minimum atomic E-state index is -0.0309. The van der Waals surface area contributed by atoms with Crippen LogP contribution in [0.4, 0.5) is 0 Å². The van der Waals surface area contributed by atoms with E-state index in [4.69, 9.17) is 4.98 Å². The standard InChI is InChI=1S/C19H27N5O/c1-14(2)24-17(9-10-21-24)13-23-11-5-8-19(23)18-7-4-6-16(22-18)12-20-15(3)25/h4,6-7,9-10,14,19H,5,8,11-13H2,1-3H3,(H,20,25)/t19-/m1/s1. The average Bonchev–Trinajstić information content (AvgIpc) is 3.23. The molecule has 1 amide bonds. The number of carbonyl (C=O) groups is 1. The predicted molar refractivity (Wildman–Crippen MR) is 96.8 cm³/mol. The van der Waals surface area contributed by atoms with E-state index in [1.54, 1.807) is 0 Å². The first kappa shape index (κ1) is 17.6. The zero-order valence-electron chi connectivity index (χ0n) is 15.3. The van der Waals surface area contributed by atoms with Crippen molar-refractivity contribution in [2.45, 2.75) is 58.8 Å². The van der Waals surface area contributed by atoms with Crippen LogP contribution in [0.15, 0.2) is 30.5 Å². The molecule has 0 spiro atoms. The molecule has 25 heavy (non-hydrogen) atoms. The summed E-state index contributed by atoms with van der Waals surface area (Å²) in [5, 5.41) is 7.27. The topological polar surface area (TPSA) is 63.1 Å². The third kappa shape index (κ3) is 4.25. The number of aromatic nitrogens is 3. The first-order valence-corrected chi connectivity index (χ1v) is 9.01. The van der Waals surface area contributed by atoms with Crippen LogP contribution in [0.5, 0.6) is 0 Å². The normalized spacial score (nSPS) is 18.0. The Kier molecular flexibility index (Phi) is 5.48. The van der Waals surface area contributed by atoms with E-state index in [9.17, 15) is 4.79 Å². The molecule has 2 aromatic heterocycles. The van der Waals surface area contributed by atoms with Crippen molar-refractivity contribution in [3.63, 3.8) is 0 Å². The number of pyridine rings is 1. The van der Waals surface area contributed by atoms with E-state index in [0.29, 0.717) is 18.6 Å². The highest BCUT2D eigenvalue weighted by molar-refractivity contribution is 5.72. The van der Waals surface area contributed by atoms with Gasteiger partial charge < -0.3 is 5.32 Å². The first-order valence-electron chi connectivity index (χ1n) is 9.01. The molecular weight excluding hydrogens is 314 g/mol. The maximum Gasteiger partial charge on any atom is 0.217 e. The molecule has 0 saturated carbocycles. The molecule has 6 nitrogen and oxygen atoms in total. The van der Waals surface area contributed by atoms with Crippen molar-refractivity contribution >= 4 is 5.91 Å². The zero-order valence-corrected chi connectivity index (χ0v) is 15.3. The van der Waals surface area contributed by atoms with Crippen LogP contribution in [0.1, 0.15) is 62.8 Å². The van der Waals surface area contributed by atoms with Crippen LogP contribution in [0.2, 0.25) is 0 Å². The Labute approximate surface area is 149 Å². The van der Waals surface area contributed by atoms with Gasteiger partial charge in [-0.1, -0.05) is 6.07 Å². The lowest BCUT2D eigenvalue weighted by Gasteiger charge is -2.25. The molecule has 1 saturated heterocycles. The number of carbonyl (C=O) groups excluding carboxylic acids is 1. The van der Waals surface area contributed by atoms with Gasteiger partial charge in [-0.3, -0.25) is 19.4 Å². The average molecular weight is 341 g/mol. The fourth-order valence-corrected chi connectivity index (χ4v) is 3.49. The van der Waals surface area contributed by atoms with Crippen molar-refractivity contribution in [2.24, 2.45) is 0 Å². The lowest BCUT2D eigenvalue weighted by atomic mass is 10.1. The molecule has 3 heterocycles. The second-order valence-corrected chi connectivity index (χ2v) is 6.95. The number of hydrogen-bond acceptors (Lipinski definition) is 4. The summed E-state index contributed by atoms with van der Waals surface area (Å²) in [6.45, 7) is 8.29. The maximum absolute atomic E-state index is 11.1. The summed E-state index contributed by atoms with van der Waals surface area (Å²) in [6, 6.07) is 8.90. The number of likely N-dealkylation sites (tertiary alicyclic amines) is 1. The first-order chi connectivity index (χ1) is 12.0. The van der Waals surface area contributed by atoms with Crippen LogP contribution in [0.25, 0.3) is 0 Å². The largest absolute Gasteiger partial charge is 0.351 e. The van der Waals surface area contributed by atoms with Crippen molar-refractivity contribution in [2.75, 3.05) is 6.54 Å². The van der Waals surface area contributed by atoms with Crippen LogP contribution >= 0.6 is 0 Å². The Morgan fingerprint density at radius 3 is 2.96 bits per heavy atom. The summed E-state index contributed by atoms with van der Waals surface area (Å²) in [7, 11) is 0. The summed E-state index contributed by atoms with van der Waals surface area (Å²) in [5.41, 5.74) is 3.25. The smallest absolute Gasteiger partial charge is 0.217 e. The van der Waals surface area contributed by atoms with Gasteiger partial charge in [0.15, 0.2) is 0 Å². The monoisotopic (exact) mass is 341 g/mol. The third-order valence-corrected chi connectivity index (χ3v) is 4.66. The van der Waals surface area contributed by atoms with Crippen LogP contribution < -0.4 is 5.32 Å². The molecule has 2 aromatic rings. The van der Waals surface area contributed by atoms with E-state index in [1.807, 2.05) is 18.3 Å². The fraction of sp³-hybridized carbons (Fsp3) is 0.526. The van der Waals surface area contributed by atoms with Crippen LogP contribution in [-0.2, 0) is 17.9 Å². The van der Waals surface area contributed by atoms with Gasteiger partial charge >= 0.3 is 0 Å². The highest BCUT2D eigenvalue weighted by Crippen LogP contribution is 2.32. The lowest BCUT2D eigenvalue weighted by molar-refractivity contribution is -0.119. The summed E-state index contributed by atoms with van der Waals surface area (Å²) in [6.07, 6.45) is 4.18. The number of hydrogen-bond donors (Lipinski definition) is 1. The van der Waals surface area contributed by atoms with E-state index < -0.39 is 0 Å². The Balaban J connectivity index is 1.74. The Morgan fingerprint density at radius 1 is 1.36 bits per heavy atom. The molecule has 1 aliphatic heterocycles. The second kappa shape index (κ2) is 7.78. The van der Waals surface area contributed by atoms with E-state index in [1.165, 1.54) is 19.0 Å². The highest BCUT2D eigenvalue weighted by atomic mass is 16.1. The number of rotatable bonds is 6. The highest BCUT2D eigenvalue weighted by Gasteiger charge is 2.28. The van der Waals surface area contributed by atoms with Gasteiger partial charge in [-0.05, 0) is 51.4 Å². The molecule has 0 aromatic carbocycles. The quantitative estimate of drug-likeness (QED) is 0.877. The van der Waals surface area contributed by atoms with Gasteiger partial charge in [-0.2, -0.15) is 5.10 Å². The molecule has 0 aliphatic carbocycles. The molecule has 1 aliphatic rings. The second-order valence-electron chi connectivity index (χ2n) is 6.95. The molecule has 1 N–H and O–H groups in total. The van der Waals surface area contributed by atoms with Crippen molar-refractivity contribution in [3.8, 4) is 0 Å². The molecule has 0 radical (unpaired) electrons. The van der Waals surface area contributed by atoms with Gasteiger partial charge in [0, 0.05) is 25.7 Å². The molecule has 0 unspecified atom stereocenters. The maximum atomic E-state index is 11.1.